The molecule has 5 heteroatoms. The van der Waals surface area contributed by atoms with Crippen molar-refractivity contribution in [2.24, 2.45) is 0 Å². The predicted octanol–water partition coefficient (Wildman–Crippen LogP) is 3.29. The van der Waals surface area contributed by atoms with E-state index in [9.17, 15) is 4.79 Å². The molecule has 0 aliphatic carbocycles. The Hall–Kier alpha value is -1.72. The second-order valence-electron chi connectivity index (χ2n) is 6.53. The topological polar surface area (TPSA) is 36.4 Å². The minimum absolute atomic E-state index is 0.273. The number of amides is 1. The Labute approximate surface area is 148 Å². The molecule has 1 amide bonds. The van der Waals surface area contributed by atoms with Gasteiger partial charge in [-0.25, -0.2) is 4.98 Å². The molecular weight excluding hydrogens is 318 g/mol. The molecule has 24 heavy (non-hydrogen) atoms. The lowest BCUT2D eigenvalue weighted by Crippen LogP contribution is -2.48. The van der Waals surface area contributed by atoms with E-state index in [1.165, 1.54) is 5.56 Å². The monoisotopic (exact) mass is 343 g/mol. The molecule has 1 atom stereocenters. The first-order valence-corrected chi connectivity index (χ1v) is 9.46. The Morgan fingerprint density at radius 3 is 2.54 bits per heavy atom. The summed E-state index contributed by atoms with van der Waals surface area (Å²) >= 11 is 1.70. The van der Waals surface area contributed by atoms with Crippen LogP contribution in [-0.2, 0) is 11.3 Å². The highest BCUT2D eigenvalue weighted by atomic mass is 32.1. The molecule has 128 valence electrons. The molecule has 1 saturated heterocycles. The first-order chi connectivity index (χ1) is 11.6. The SMILES string of the molecule is Cc1nc(CN2CCN(C(=O)CC(C)c3ccccc3)CC2)cs1. The van der Waals surface area contributed by atoms with Crippen LogP contribution in [0.4, 0.5) is 0 Å². The Kier molecular flexibility index (Phi) is 5.63. The second-order valence-corrected chi connectivity index (χ2v) is 7.59. The third kappa shape index (κ3) is 4.42. The van der Waals surface area contributed by atoms with Gasteiger partial charge in [-0.05, 0) is 18.4 Å². The first-order valence-electron chi connectivity index (χ1n) is 8.58. The summed E-state index contributed by atoms with van der Waals surface area (Å²) in [4.78, 5) is 21.5. The molecule has 1 aliphatic heterocycles. The van der Waals surface area contributed by atoms with E-state index in [1.807, 2.05) is 30.0 Å². The summed E-state index contributed by atoms with van der Waals surface area (Å²) in [5.74, 6) is 0.546. The van der Waals surface area contributed by atoms with Crippen LogP contribution < -0.4 is 0 Å². The van der Waals surface area contributed by atoms with E-state index in [2.05, 4.69) is 34.3 Å². The number of aryl methyl sites for hydroxylation is 1. The standard InChI is InChI=1S/C19H25N3OS/c1-15(17-6-4-3-5-7-17)12-19(23)22-10-8-21(9-11-22)13-18-14-24-16(2)20-18/h3-7,14-15H,8-13H2,1-2H3. The van der Waals surface area contributed by atoms with Gasteiger partial charge >= 0.3 is 0 Å². The van der Waals surface area contributed by atoms with Crippen LogP contribution in [0.2, 0.25) is 0 Å². The number of nitrogens with zero attached hydrogens (tertiary/aromatic N) is 3. The van der Waals surface area contributed by atoms with Crippen LogP contribution in [0.25, 0.3) is 0 Å². The van der Waals surface area contributed by atoms with Crippen LogP contribution in [-0.4, -0.2) is 46.9 Å². The number of piperazine rings is 1. The number of hydrogen-bond acceptors (Lipinski definition) is 4. The van der Waals surface area contributed by atoms with E-state index in [-0.39, 0.29) is 11.8 Å². The Balaban J connectivity index is 1.46. The van der Waals surface area contributed by atoms with Crippen molar-refractivity contribution >= 4 is 17.2 Å². The normalized spacial score (nSPS) is 17.0. The van der Waals surface area contributed by atoms with Crippen LogP contribution in [0.3, 0.4) is 0 Å². The van der Waals surface area contributed by atoms with Gasteiger partial charge in [0.05, 0.1) is 10.7 Å². The second kappa shape index (κ2) is 7.90. The van der Waals surface area contributed by atoms with Crippen LogP contribution >= 0.6 is 11.3 Å². The van der Waals surface area contributed by atoms with Gasteiger partial charge in [-0.1, -0.05) is 37.3 Å². The molecule has 1 unspecified atom stereocenters. The zero-order valence-electron chi connectivity index (χ0n) is 14.4. The summed E-state index contributed by atoms with van der Waals surface area (Å²) in [5.41, 5.74) is 2.39. The summed E-state index contributed by atoms with van der Waals surface area (Å²) in [5, 5.41) is 3.25. The van der Waals surface area contributed by atoms with E-state index in [0.717, 1.165) is 43.4 Å². The number of thiazole rings is 1. The smallest absolute Gasteiger partial charge is 0.223 e. The fourth-order valence-corrected chi connectivity index (χ4v) is 3.76. The maximum atomic E-state index is 12.5. The fourth-order valence-electron chi connectivity index (χ4n) is 3.16. The molecule has 0 bridgehead atoms. The quantitative estimate of drug-likeness (QED) is 0.836. The maximum Gasteiger partial charge on any atom is 0.223 e. The summed E-state index contributed by atoms with van der Waals surface area (Å²) in [7, 11) is 0. The number of hydrogen-bond donors (Lipinski definition) is 0. The Morgan fingerprint density at radius 1 is 1.21 bits per heavy atom. The third-order valence-electron chi connectivity index (χ3n) is 4.63. The Bertz CT molecular complexity index is 662. The highest BCUT2D eigenvalue weighted by Gasteiger charge is 2.23. The van der Waals surface area contributed by atoms with E-state index in [1.54, 1.807) is 11.3 Å². The molecule has 0 spiro atoms. The lowest BCUT2D eigenvalue weighted by molar-refractivity contribution is -0.133. The first kappa shape index (κ1) is 17.1. The van der Waals surface area contributed by atoms with Gasteiger partial charge in [-0.15, -0.1) is 11.3 Å². The number of carbonyl (C=O) groups excluding carboxylic acids is 1. The highest BCUT2D eigenvalue weighted by molar-refractivity contribution is 7.09. The van der Waals surface area contributed by atoms with Crippen molar-refractivity contribution in [2.75, 3.05) is 26.2 Å². The van der Waals surface area contributed by atoms with Crippen LogP contribution in [0, 0.1) is 6.92 Å². The van der Waals surface area contributed by atoms with Crippen molar-refractivity contribution in [3.63, 3.8) is 0 Å². The maximum absolute atomic E-state index is 12.5. The van der Waals surface area contributed by atoms with Crippen molar-refractivity contribution in [1.29, 1.82) is 0 Å². The number of carbonyl (C=O) groups is 1. The molecular formula is C19H25N3OS. The molecule has 1 aliphatic rings. The zero-order valence-corrected chi connectivity index (χ0v) is 15.3. The van der Waals surface area contributed by atoms with Gasteiger partial charge in [0.15, 0.2) is 0 Å². The van der Waals surface area contributed by atoms with Crippen LogP contribution in [0.5, 0.6) is 0 Å². The van der Waals surface area contributed by atoms with Crippen molar-refractivity contribution < 1.29 is 4.79 Å². The zero-order chi connectivity index (χ0) is 16.9. The number of aromatic nitrogens is 1. The van der Waals surface area contributed by atoms with Gasteiger partial charge in [-0.3, -0.25) is 9.69 Å². The van der Waals surface area contributed by atoms with Gasteiger partial charge < -0.3 is 4.90 Å². The number of rotatable bonds is 5. The molecule has 2 heterocycles. The van der Waals surface area contributed by atoms with E-state index in [4.69, 9.17) is 0 Å². The van der Waals surface area contributed by atoms with Crippen molar-refractivity contribution in [3.05, 3.63) is 52.0 Å². The molecule has 0 saturated carbocycles. The highest BCUT2D eigenvalue weighted by Crippen LogP contribution is 2.20. The summed E-state index contributed by atoms with van der Waals surface area (Å²) in [6, 6.07) is 10.3. The fraction of sp³-hybridized carbons (Fsp3) is 0.474. The molecule has 1 aromatic carbocycles. The summed E-state index contributed by atoms with van der Waals surface area (Å²) in [6.45, 7) is 8.58. The summed E-state index contributed by atoms with van der Waals surface area (Å²) < 4.78 is 0. The van der Waals surface area contributed by atoms with E-state index in [0.29, 0.717) is 6.42 Å². The molecule has 0 N–H and O–H groups in total. The Morgan fingerprint density at radius 2 is 1.92 bits per heavy atom. The van der Waals surface area contributed by atoms with Crippen molar-refractivity contribution in [1.82, 2.24) is 14.8 Å². The average Bonchev–Trinajstić information content (AvgIpc) is 3.01. The molecule has 2 aromatic rings. The number of benzene rings is 1. The summed E-state index contributed by atoms with van der Waals surface area (Å²) in [6.07, 6.45) is 0.593. The molecule has 1 aromatic heterocycles. The van der Waals surface area contributed by atoms with E-state index >= 15 is 0 Å². The molecule has 1 fully saturated rings. The van der Waals surface area contributed by atoms with Gasteiger partial charge in [-0.2, -0.15) is 0 Å². The van der Waals surface area contributed by atoms with Crippen LogP contribution in [0.1, 0.15) is 35.5 Å². The van der Waals surface area contributed by atoms with Gasteiger partial charge in [0.25, 0.3) is 0 Å². The van der Waals surface area contributed by atoms with Crippen LogP contribution in [0.15, 0.2) is 35.7 Å². The lowest BCUT2D eigenvalue weighted by atomic mass is 9.97. The molecule has 0 radical (unpaired) electrons. The predicted molar refractivity (Wildman–Crippen MR) is 98.2 cm³/mol. The molecule has 4 nitrogen and oxygen atoms in total. The third-order valence-corrected chi connectivity index (χ3v) is 5.45. The van der Waals surface area contributed by atoms with E-state index < -0.39 is 0 Å². The van der Waals surface area contributed by atoms with Gasteiger partial charge in [0.2, 0.25) is 5.91 Å². The van der Waals surface area contributed by atoms with Crippen molar-refractivity contribution in [3.8, 4) is 0 Å². The molecule has 3 rings (SSSR count). The van der Waals surface area contributed by atoms with Gasteiger partial charge in [0.1, 0.15) is 0 Å². The minimum atomic E-state index is 0.273. The van der Waals surface area contributed by atoms with Gasteiger partial charge in [0, 0.05) is 44.5 Å². The largest absolute Gasteiger partial charge is 0.340 e. The average molecular weight is 343 g/mol. The lowest BCUT2D eigenvalue weighted by Gasteiger charge is -2.35. The minimum Gasteiger partial charge on any atom is -0.340 e. The van der Waals surface area contributed by atoms with Crippen molar-refractivity contribution in [2.45, 2.75) is 32.7 Å².